The van der Waals surface area contributed by atoms with E-state index in [2.05, 4.69) is 5.32 Å². The van der Waals surface area contributed by atoms with Crippen molar-refractivity contribution >= 4 is 21.6 Å². The molecule has 1 N–H and O–H groups in total. The average Bonchev–Trinajstić information content (AvgIpc) is 2.82. The zero-order valence-electron chi connectivity index (χ0n) is 18.5. The number of nitrogens with zero attached hydrogens (tertiary/aromatic N) is 1. The van der Waals surface area contributed by atoms with Crippen LogP contribution in [-0.4, -0.2) is 35.1 Å². The van der Waals surface area contributed by atoms with Gasteiger partial charge in [-0.25, -0.2) is 12.8 Å². The molecule has 0 unspecified atom stereocenters. The smallest absolute Gasteiger partial charge is 0.268 e. The largest absolute Gasteiger partial charge is 0.497 e. The van der Waals surface area contributed by atoms with Crippen LogP contribution in [-0.2, 0) is 21.4 Å². The van der Waals surface area contributed by atoms with Gasteiger partial charge in [0.25, 0.3) is 10.0 Å². The Morgan fingerprint density at radius 2 is 1.64 bits per heavy atom. The van der Waals surface area contributed by atoms with E-state index >= 15 is 0 Å². The van der Waals surface area contributed by atoms with Gasteiger partial charge in [-0.05, 0) is 66.6 Å². The molecule has 33 heavy (non-hydrogen) atoms. The SMILES string of the molecule is COc1ccc(N(CC(=O)NCc2ccc(F)cc2)S(=O)(=O)c2cc(C)ccc2OC)cc1. The number of anilines is 1. The number of aryl methyl sites for hydroxylation is 1. The number of hydrogen-bond donors (Lipinski definition) is 1. The molecule has 0 aromatic heterocycles. The Bertz CT molecular complexity index is 1210. The Kier molecular flexibility index (Phi) is 7.55. The Morgan fingerprint density at radius 3 is 2.24 bits per heavy atom. The van der Waals surface area contributed by atoms with Gasteiger partial charge in [-0.2, -0.15) is 0 Å². The van der Waals surface area contributed by atoms with Crippen molar-refractivity contribution in [2.45, 2.75) is 18.4 Å². The summed E-state index contributed by atoms with van der Waals surface area (Å²) in [7, 11) is -1.28. The van der Waals surface area contributed by atoms with Crippen molar-refractivity contribution in [3.8, 4) is 11.5 Å². The van der Waals surface area contributed by atoms with Crippen molar-refractivity contribution in [2.24, 2.45) is 0 Å². The van der Waals surface area contributed by atoms with Crippen molar-refractivity contribution < 1.29 is 27.1 Å². The number of hydrogen-bond acceptors (Lipinski definition) is 5. The third-order valence-corrected chi connectivity index (χ3v) is 6.73. The van der Waals surface area contributed by atoms with E-state index in [1.54, 1.807) is 55.5 Å². The van der Waals surface area contributed by atoms with Crippen molar-refractivity contribution in [1.82, 2.24) is 5.32 Å². The minimum Gasteiger partial charge on any atom is -0.497 e. The summed E-state index contributed by atoms with van der Waals surface area (Å²) in [5.74, 6) is -0.185. The maximum atomic E-state index is 13.7. The zero-order valence-corrected chi connectivity index (χ0v) is 19.4. The molecular formula is C24H25FN2O5S. The highest BCUT2D eigenvalue weighted by Gasteiger charge is 2.30. The van der Waals surface area contributed by atoms with Crippen molar-refractivity contribution in [3.63, 3.8) is 0 Å². The molecule has 0 aliphatic rings. The monoisotopic (exact) mass is 472 g/mol. The van der Waals surface area contributed by atoms with Gasteiger partial charge in [0.2, 0.25) is 5.91 Å². The summed E-state index contributed by atoms with van der Waals surface area (Å²) in [6.45, 7) is 1.43. The lowest BCUT2D eigenvalue weighted by Crippen LogP contribution is -2.40. The van der Waals surface area contributed by atoms with E-state index in [0.29, 0.717) is 11.3 Å². The number of nitrogens with one attached hydrogen (secondary N) is 1. The predicted molar refractivity (Wildman–Crippen MR) is 124 cm³/mol. The highest BCUT2D eigenvalue weighted by molar-refractivity contribution is 7.93. The molecule has 0 atom stereocenters. The summed E-state index contributed by atoms with van der Waals surface area (Å²) in [6.07, 6.45) is 0. The molecule has 0 aliphatic heterocycles. The zero-order chi connectivity index (χ0) is 24.0. The molecule has 3 rings (SSSR count). The van der Waals surface area contributed by atoms with Gasteiger partial charge in [0.05, 0.1) is 19.9 Å². The van der Waals surface area contributed by atoms with Crippen LogP contribution in [0.15, 0.2) is 71.6 Å². The van der Waals surface area contributed by atoms with Crippen LogP contribution in [0.1, 0.15) is 11.1 Å². The van der Waals surface area contributed by atoms with Gasteiger partial charge in [-0.3, -0.25) is 9.10 Å². The molecule has 0 saturated carbocycles. The highest BCUT2D eigenvalue weighted by Crippen LogP contribution is 2.31. The predicted octanol–water partition coefficient (Wildman–Crippen LogP) is 3.66. The molecule has 9 heteroatoms. The molecule has 7 nitrogen and oxygen atoms in total. The number of carbonyl (C=O) groups is 1. The van der Waals surface area contributed by atoms with E-state index in [1.165, 1.54) is 32.4 Å². The second-order valence-electron chi connectivity index (χ2n) is 7.27. The minimum atomic E-state index is -4.17. The quantitative estimate of drug-likeness (QED) is 0.514. The van der Waals surface area contributed by atoms with Crippen LogP contribution in [0, 0.1) is 12.7 Å². The van der Waals surface area contributed by atoms with Crippen LogP contribution in [0.4, 0.5) is 10.1 Å². The summed E-state index contributed by atoms with van der Waals surface area (Å²) < 4.78 is 51.9. The normalized spacial score (nSPS) is 11.0. The topological polar surface area (TPSA) is 84.9 Å². The molecule has 3 aromatic carbocycles. The van der Waals surface area contributed by atoms with E-state index in [-0.39, 0.29) is 28.7 Å². The second kappa shape index (κ2) is 10.4. The first-order chi connectivity index (χ1) is 15.7. The Hall–Kier alpha value is -3.59. The van der Waals surface area contributed by atoms with Crippen LogP contribution in [0.5, 0.6) is 11.5 Å². The number of halogens is 1. The lowest BCUT2D eigenvalue weighted by Gasteiger charge is -2.25. The van der Waals surface area contributed by atoms with Gasteiger partial charge in [-0.1, -0.05) is 18.2 Å². The van der Waals surface area contributed by atoms with Gasteiger partial charge < -0.3 is 14.8 Å². The van der Waals surface area contributed by atoms with Gasteiger partial charge in [0.1, 0.15) is 28.8 Å². The molecule has 174 valence electrons. The summed E-state index contributed by atoms with van der Waals surface area (Å²) in [6, 6.07) is 16.8. The summed E-state index contributed by atoms with van der Waals surface area (Å²) in [5.41, 5.74) is 1.70. The first-order valence-electron chi connectivity index (χ1n) is 10.1. The number of amides is 1. The third-order valence-electron chi connectivity index (χ3n) is 4.94. The van der Waals surface area contributed by atoms with Gasteiger partial charge in [0, 0.05) is 6.54 Å². The van der Waals surface area contributed by atoms with Crippen LogP contribution >= 0.6 is 0 Å². The van der Waals surface area contributed by atoms with Gasteiger partial charge in [-0.15, -0.1) is 0 Å². The number of carbonyl (C=O) groups excluding carboxylic acids is 1. The fraction of sp³-hybridized carbons (Fsp3) is 0.208. The summed E-state index contributed by atoms with van der Waals surface area (Å²) in [4.78, 5) is 12.7. The molecule has 0 heterocycles. The van der Waals surface area contributed by atoms with E-state index in [1.807, 2.05) is 0 Å². The fourth-order valence-electron chi connectivity index (χ4n) is 3.16. The lowest BCUT2D eigenvalue weighted by molar-refractivity contribution is -0.119. The summed E-state index contributed by atoms with van der Waals surface area (Å²) in [5, 5.41) is 2.68. The van der Waals surface area contributed by atoms with Crippen molar-refractivity contribution in [2.75, 3.05) is 25.1 Å². The molecule has 0 spiro atoms. The number of rotatable bonds is 9. The number of benzene rings is 3. The molecule has 0 bridgehead atoms. The molecule has 0 saturated heterocycles. The van der Waals surface area contributed by atoms with E-state index < -0.39 is 22.5 Å². The average molecular weight is 473 g/mol. The fourth-order valence-corrected chi connectivity index (χ4v) is 4.82. The molecule has 1 amide bonds. The van der Waals surface area contributed by atoms with E-state index in [9.17, 15) is 17.6 Å². The molecule has 0 radical (unpaired) electrons. The van der Waals surface area contributed by atoms with Crippen LogP contribution in [0.25, 0.3) is 0 Å². The highest BCUT2D eigenvalue weighted by atomic mass is 32.2. The first kappa shape index (κ1) is 24.1. The molecular weight excluding hydrogens is 447 g/mol. The Labute approximate surface area is 192 Å². The van der Waals surface area contributed by atoms with E-state index in [4.69, 9.17) is 9.47 Å². The van der Waals surface area contributed by atoms with Crippen LogP contribution < -0.4 is 19.1 Å². The second-order valence-corrected chi connectivity index (χ2v) is 9.10. The summed E-state index contributed by atoms with van der Waals surface area (Å²) >= 11 is 0. The molecule has 0 aliphatic carbocycles. The first-order valence-corrected chi connectivity index (χ1v) is 11.5. The number of methoxy groups -OCH3 is 2. The lowest BCUT2D eigenvalue weighted by atomic mass is 10.2. The third kappa shape index (κ3) is 5.81. The van der Waals surface area contributed by atoms with Crippen molar-refractivity contribution in [1.29, 1.82) is 0 Å². The Balaban J connectivity index is 1.93. The minimum absolute atomic E-state index is 0.0489. The standard InChI is InChI=1S/C24H25FN2O5S/c1-17-4-13-22(32-3)23(14-17)33(29,30)27(20-9-11-21(31-2)12-10-20)16-24(28)26-15-18-5-7-19(25)8-6-18/h4-14H,15-16H2,1-3H3,(H,26,28). The van der Waals surface area contributed by atoms with Crippen LogP contribution in [0.2, 0.25) is 0 Å². The van der Waals surface area contributed by atoms with Crippen LogP contribution in [0.3, 0.4) is 0 Å². The number of sulfonamides is 1. The Morgan fingerprint density at radius 1 is 0.970 bits per heavy atom. The maximum absolute atomic E-state index is 13.7. The number of ether oxygens (including phenoxy) is 2. The van der Waals surface area contributed by atoms with E-state index in [0.717, 1.165) is 9.87 Å². The van der Waals surface area contributed by atoms with Gasteiger partial charge >= 0.3 is 0 Å². The van der Waals surface area contributed by atoms with Gasteiger partial charge in [0.15, 0.2) is 0 Å². The molecule has 0 fully saturated rings. The molecule has 3 aromatic rings. The van der Waals surface area contributed by atoms with Crippen molar-refractivity contribution in [3.05, 3.63) is 83.7 Å². The maximum Gasteiger partial charge on any atom is 0.268 e.